The van der Waals surface area contributed by atoms with Crippen molar-refractivity contribution in [3.8, 4) is 0 Å². The van der Waals surface area contributed by atoms with Crippen LogP contribution in [0.1, 0.15) is 57.7 Å². The summed E-state index contributed by atoms with van der Waals surface area (Å²) in [6.07, 6.45) is -1.78. The lowest BCUT2D eigenvalue weighted by molar-refractivity contribution is -0.149. The molecule has 7 nitrogen and oxygen atoms in total. The fourth-order valence-electron chi connectivity index (χ4n) is 4.49. The Balaban J connectivity index is 1.48. The van der Waals surface area contributed by atoms with E-state index in [0.717, 1.165) is 22.6 Å². The summed E-state index contributed by atoms with van der Waals surface area (Å²) in [6, 6.07) is 7.25. The molecule has 3 heterocycles. The molecule has 2 aromatic heterocycles. The fourth-order valence-corrected chi connectivity index (χ4v) is 5.44. The number of amides is 1. The lowest BCUT2D eigenvalue weighted by Crippen LogP contribution is -2.43. The number of nitrogens with zero attached hydrogens (tertiary/aromatic N) is 3. The van der Waals surface area contributed by atoms with E-state index in [1.54, 1.807) is 29.2 Å². The molecule has 38 heavy (non-hydrogen) atoms. The molecule has 1 atom stereocenters. The maximum absolute atomic E-state index is 13.3. The summed E-state index contributed by atoms with van der Waals surface area (Å²) in [5.41, 5.74) is 1.04. The molecule has 1 aliphatic heterocycles. The maximum Gasteiger partial charge on any atom is 0.416 e. The van der Waals surface area contributed by atoms with E-state index in [9.17, 15) is 22.8 Å². The molecule has 204 valence electrons. The Morgan fingerprint density at radius 2 is 2.05 bits per heavy atom. The molecule has 1 amide bonds. The van der Waals surface area contributed by atoms with E-state index in [4.69, 9.17) is 9.15 Å². The van der Waals surface area contributed by atoms with Crippen molar-refractivity contribution >= 4 is 23.2 Å². The number of benzene rings is 1. The van der Waals surface area contributed by atoms with Crippen molar-refractivity contribution < 1.29 is 31.9 Å². The van der Waals surface area contributed by atoms with Gasteiger partial charge in [0.15, 0.2) is 5.69 Å². The summed E-state index contributed by atoms with van der Waals surface area (Å²) in [6.45, 7) is 5.72. The molecular weight excluding hydrogens is 519 g/mol. The molecule has 3 aromatic rings. The van der Waals surface area contributed by atoms with Crippen LogP contribution in [0.15, 0.2) is 46.4 Å². The summed E-state index contributed by atoms with van der Waals surface area (Å²) in [5, 5.41) is 1.97. The third-order valence-corrected chi connectivity index (χ3v) is 7.46. The molecule has 0 saturated carbocycles. The predicted molar refractivity (Wildman–Crippen MR) is 135 cm³/mol. The monoisotopic (exact) mass is 549 g/mol. The minimum absolute atomic E-state index is 0.135. The van der Waals surface area contributed by atoms with Gasteiger partial charge in [-0.15, -0.1) is 11.3 Å². The van der Waals surface area contributed by atoms with Crippen molar-refractivity contribution in [1.29, 1.82) is 0 Å². The number of hydrogen-bond donors (Lipinski definition) is 0. The van der Waals surface area contributed by atoms with Gasteiger partial charge >= 0.3 is 12.1 Å². The average Bonchev–Trinajstić information content (AvgIpc) is 3.52. The molecular formula is C27H30F3N3O4S. The van der Waals surface area contributed by atoms with E-state index in [1.165, 1.54) is 12.3 Å². The number of aromatic nitrogens is 1. The number of carbonyl (C=O) groups is 2. The van der Waals surface area contributed by atoms with Gasteiger partial charge in [0.2, 0.25) is 5.89 Å². The van der Waals surface area contributed by atoms with E-state index in [1.807, 2.05) is 23.3 Å². The van der Waals surface area contributed by atoms with Gasteiger partial charge < -0.3 is 14.1 Å². The van der Waals surface area contributed by atoms with Crippen LogP contribution in [0.2, 0.25) is 0 Å². The van der Waals surface area contributed by atoms with Gasteiger partial charge in [-0.3, -0.25) is 14.5 Å². The predicted octanol–water partition coefficient (Wildman–Crippen LogP) is 5.68. The quantitative estimate of drug-likeness (QED) is 0.320. The smallest absolute Gasteiger partial charge is 0.416 e. The minimum Gasteiger partial charge on any atom is -0.466 e. The molecule has 1 saturated heterocycles. The van der Waals surface area contributed by atoms with E-state index >= 15 is 0 Å². The molecule has 0 radical (unpaired) electrons. The van der Waals surface area contributed by atoms with Crippen molar-refractivity contribution in [2.75, 3.05) is 19.7 Å². The van der Waals surface area contributed by atoms with Crippen molar-refractivity contribution in [2.45, 2.75) is 52.5 Å². The van der Waals surface area contributed by atoms with Crippen LogP contribution in [-0.4, -0.2) is 46.4 Å². The van der Waals surface area contributed by atoms with Gasteiger partial charge in [0, 0.05) is 31.1 Å². The van der Waals surface area contributed by atoms with Gasteiger partial charge in [0.1, 0.15) is 6.26 Å². The van der Waals surface area contributed by atoms with Crippen molar-refractivity contribution in [2.24, 2.45) is 5.92 Å². The number of aryl methyl sites for hydroxylation is 1. The summed E-state index contributed by atoms with van der Waals surface area (Å²) in [4.78, 5) is 34.2. The Hall–Kier alpha value is -3.18. The number of alkyl halides is 3. The van der Waals surface area contributed by atoms with Gasteiger partial charge in [-0.05, 0) is 55.3 Å². The van der Waals surface area contributed by atoms with Crippen LogP contribution in [0.5, 0.6) is 0 Å². The number of rotatable bonds is 9. The summed E-state index contributed by atoms with van der Waals surface area (Å²) in [5.74, 6) is -0.711. The maximum atomic E-state index is 13.3. The average molecular weight is 550 g/mol. The van der Waals surface area contributed by atoms with Gasteiger partial charge in [-0.2, -0.15) is 13.2 Å². The third kappa shape index (κ3) is 7.02. The highest BCUT2D eigenvalue weighted by Gasteiger charge is 2.32. The van der Waals surface area contributed by atoms with Crippen LogP contribution in [0.4, 0.5) is 13.2 Å². The van der Waals surface area contributed by atoms with Crippen molar-refractivity contribution in [3.63, 3.8) is 0 Å². The lowest BCUT2D eigenvalue weighted by atomic mass is 9.98. The van der Waals surface area contributed by atoms with E-state index in [2.05, 4.69) is 4.98 Å². The zero-order chi connectivity index (χ0) is 27.3. The Morgan fingerprint density at radius 3 is 2.76 bits per heavy atom. The molecule has 0 spiro atoms. The third-order valence-electron chi connectivity index (χ3n) is 6.45. The molecule has 1 aliphatic rings. The SMILES string of the molecule is CCOC(=O)C1CCCN(C(=O)c2coc(CN(Cc3cccc(C(F)(F)F)c3)Cc3sccc3C)n2)C1. The molecule has 1 fully saturated rings. The van der Waals surface area contributed by atoms with Crippen LogP contribution >= 0.6 is 11.3 Å². The first-order chi connectivity index (χ1) is 18.1. The zero-order valence-electron chi connectivity index (χ0n) is 21.3. The lowest BCUT2D eigenvalue weighted by Gasteiger charge is -2.30. The second-order valence-electron chi connectivity index (χ2n) is 9.34. The highest BCUT2D eigenvalue weighted by Crippen LogP contribution is 2.30. The number of carbonyl (C=O) groups excluding carboxylic acids is 2. The second-order valence-corrected chi connectivity index (χ2v) is 10.3. The van der Waals surface area contributed by atoms with Crippen molar-refractivity contribution in [3.05, 3.63) is 75.1 Å². The Kier molecular flexibility index (Phi) is 8.88. The largest absolute Gasteiger partial charge is 0.466 e. The van der Waals surface area contributed by atoms with Gasteiger partial charge in [0.25, 0.3) is 5.91 Å². The molecule has 1 unspecified atom stereocenters. The highest BCUT2D eigenvalue weighted by atomic mass is 32.1. The van der Waals surface area contributed by atoms with Gasteiger partial charge in [0.05, 0.1) is 24.6 Å². The molecule has 1 aromatic carbocycles. The van der Waals surface area contributed by atoms with E-state index in [0.29, 0.717) is 31.5 Å². The van der Waals surface area contributed by atoms with Crippen LogP contribution in [0.25, 0.3) is 0 Å². The fraction of sp³-hybridized carbons (Fsp3) is 0.444. The number of piperidine rings is 1. The molecule has 0 aliphatic carbocycles. The number of esters is 1. The number of likely N-dealkylation sites (tertiary alicyclic amines) is 1. The van der Waals surface area contributed by atoms with Crippen molar-refractivity contribution in [1.82, 2.24) is 14.8 Å². The molecule has 11 heteroatoms. The molecule has 0 N–H and O–H groups in total. The number of oxazole rings is 1. The normalized spacial score (nSPS) is 16.2. The minimum atomic E-state index is -4.43. The Bertz CT molecular complexity index is 1260. The Labute approximate surface area is 223 Å². The van der Waals surface area contributed by atoms with Crippen LogP contribution < -0.4 is 0 Å². The number of hydrogen-bond acceptors (Lipinski definition) is 7. The zero-order valence-corrected chi connectivity index (χ0v) is 22.1. The van der Waals surface area contributed by atoms with Gasteiger partial charge in [-0.25, -0.2) is 4.98 Å². The first kappa shape index (κ1) is 27.8. The van der Waals surface area contributed by atoms with Crippen LogP contribution in [0.3, 0.4) is 0 Å². The van der Waals surface area contributed by atoms with Gasteiger partial charge in [-0.1, -0.05) is 18.2 Å². The van der Waals surface area contributed by atoms with E-state index < -0.39 is 11.7 Å². The second kappa shape index (κ2) is 12.1. The Morgan fingerprint density at radius 1 is 1.24 bits per heavy atom. The number of thiophene rings is 1. The number of ether oxygens (including phenoxy) is 1. The molecule has 4 rings (SSSR count). The summed E-state index contributed by atoms with van der Waals surface area (Å²) in [7, 11) is 0. The molecule has 0 bridgehead atoms. The topological polar surface area (TPSA) is 75.9 Å². The summed E-state index contributed by atoms with van der Waals surface area (Å²) >= 11 is 1.57. The highest BCUT2D eigenvalue weighted by molar-refractivity contribution is 7.10. The first-order valence-electron chi connectivity index (χ1n) is 12.5. The summed E-state index contributed by atoms with van der Waals surface area (Å²) < 4.78 is 50.5. The standard InChI is InChI=1S/C27H30F3N3O4S/c1-3-36-26(35)20-7-5-10-33(14-20)25(34)22-17-37-24(31-22)16-32(15-23-18(2)9-11-38-23)13-19-6-4-8-21(12-19)27(28,29)30/h4,6,8-9,11-12,17,20H,3,5,7,10,13-16H2,1-2H3. The first-order valence-corrected chi connectivity index (χ1v) is 13.3. The van der Waals surface area contributed by atoms with E-state index in [-0.39, 0.29) is 55.6 Å². The van der Waals surface area contributed by atoms with Crippen LogP contribution in [0, 0.1) is 12.8 Å². The van der Waals surface area contributed by atoms with Crippen LogP contribution in [-0.2, 0) is 35.3 Å². The number of halogens is 3.